The molecule has 0 saturated heterocycles. The SMILES string of the molecule is CCN1C(=O)C2=C(c3ccc(N(c4ccc(C)cc4)c4ccc(OC)cc4)cc3)N(CC)C(=O)C2=C1c1ccc(N(c2ccc(CO)cc2)c2ccc(CO)cc2)cc1. The molecule has 0 aliphatic carbocycles. The highest BCUT2D eigenvalue weighted by Gasteiger charge is 2.48. The minimum Gasteiger partial charge on any atom is -0.497 e. The van der Waals surface area contributed by atoms with E-state index in [1.807, 2.05) is 135 Å². The number of nitrogens with zero attached hydrogens (tertiary/aromatic N) is 4. The van der Waals surface area contributed by atoms with E-state index in [0.717, 1.165) is 67.7 Å². The van der Waals surface area contributed by atoms with Crippen LogP contribution in [0.2, 0.25) is 0 Å². The van der Waals surface area contributed by atoms with E-state index in [2.05, 4.69) is 41.0 Å². The van der Waals surface area contributed by atoms with Crippen molar-refractivity contribution in [3.63, 3.8) is 0 Å². The van der Waals surface area contributed by atoms with Crippen LogP contribution in [0.15, 0.2) is 157 Å². The monoisotopic (exact) mass is 782 g/mol. The van der Waals surface area contributed by atoms with Crippen molar-refractivity contribution in [1.82, 2.24) is 9.80 Å². The van der Waals surface area contributed by atoms with E-state index in [9.17, 15) is 19.8 Å². The number of benzene rings is 6. The average molecular weight is 783 g/mol. The first-order chi connectivity index (χ1) is 28.8. The van der Waals surface area contributed by atoms with E-state index in [0.29, 0.717) is 35.6 Å². The minimum absolute atomic E-state index is 0.0564. The lowest BCUT2D eigenvalue weighted by molar-refractivity contribution is -0.124. The number of aliphatic hydroxyl groups is 2. The highest BCUT2D eigenvalue weighted by Crippen LogP contribution is 2.47. The number of rotatable bonds is 13. The van der Waals surface area contributed by atoms with Gasteiger partial charge in [-0.05, 0) is 128 Å². The normalized spacial score (nSPS) is 13.7. The molecule has 0 atom stereocenters. The van der Waals surface area contributed by atoms with Crippen LogP contribution < -0.4 is 14.5 Å². The molecule has 6 aromatic rings. The fraction of sp³-hybridized carbons (Fsp3) is 0.160. The molecule has 8 rings (SSSR count). The molecule has 0 bridgehead atoms. The summed E-state index contributed by atoms with van der Waals surface area (Å²) < 4.78 is 5.43. The third kappa shape index (κ3) is 7.15. The van der Waals surface area contributed by atoms with Gasteiger partial charge in [0.05, 0.1) is 42.9 Å². The van der Waals surface area contributed by atoms with Gasteiger partial charge in [0.15, 0.2) is 0 Å². The van der Waals surface area contributed by atoms with Gasteiger partial charge in [-0.1, -0.05) is 66.2 Å². The molecule has 0 spiro atoms. The summed E-state index contributed by atoms with van der Waals surface area (Å²) in [6.07, 6.45) is 0. The molecule has 6 aromatic carbocycles. The van der Waals surface area contributed by atoms with Crippen LogP contribution in [-0.4, -0.2) is 52.0 Å². The fourth-order valence-corrected chi connectivity index (χ4v) is 7.96. The number of aliphatic hydroxyl groups excluding tert-OH is 2. The number of carbonyl (C=O) groups is 2. The molecule has 59 heavy (non-hydrogen) atoms. The van der Waals surface area contributed by atoms with Crippen LogP contribution in [0.3, 0.4) is 0 Å². The lowest BCUT2D eigenvalue weighted by Gasteiger charge is -2.27. The van der Waals surface area contributed by atoms with Gasteiger partial charge in [-0.3, -0.25) is 9.59 Å². The second-order valence-electron chi connectivity index (χ2n) is 14.5. The number of ether oxygens (including phenoxy) is 1. The summed E-state index contributed by atoms with van der Waals surface area (Å²) in [6.45, 7) is 6.60. The van der Waals surface area contributed by atoms with Crippen molar-refractivity contribution >= 4 is 57.3 Å². The quantitative estimate of drug-likeness (QED) is 0.120. The van der Waals surface area contributed by atoms with Crippen LogP contribution in [0, 0.1) is 6.92 Å². The summed E-state index contributed by atoms with van der Waals surface area (Å²) in [5, 5.41) is 19.4. The Kier molecular flexibility index (Phi) is 10.9. The van der Waals surface area contributed by atoms with Gasteiger partial charge in [-0.25, -0.2) is 0 Å². The Balaban J connectivity index is 1.19. The first kappa shape index (κ1) is 38.9. The molecule has 2 amide bonds. The first-order valence-corrected chi connectivity index (χ1v) is 19.8. The number of hydrogen-bond acceptors (Lipinski definition) is 7. The molecule has 2 aliphatic rings. The molecule has 2 aliphatic heterocycles. The maximum absolute atomic E-state index is 14.5. The fourth-order valence-electron chi connectivity index (χ4n) is 7.96. The smallest absolute Gasteiger partial charge is 0.261 e. The number of fused-ring (bicyclic) bond motifs is 1. The molecule has 2 N–H and O–H groups in total. The van der Waals surface area contributed by atoms with E-state index in [-0.39, 0.29) is 25.0 Å². The Labute approximate surface area is 344 Å². The summed E-state index contributed by atoms with van der Waals surface area (Å²) in [4.78, 5) is 36.6. The molecule has 0 fully saturated rings. The largest absolute Gasteiger partial charge is 0.497 e. The van der Waals surface area contributed by atoms with Gasteiger partial charge in [-0.15, -0.1) is 0 Å². The van der Waals surface area contributed by atoms with Gasteiger partial charge in [0, 0.05) is 47.2 Å². The Bertz CT molecular complexity index is 2500. The minimum atomic E-state index is -0.195. The molecule has 2 heterocycles. The number of methoxy groups -OCH3 is 1. The van der Waals surface area contributed by atoms with Gasteiger partial charge in [0.2, 0.25) is 0 Å². The van der Waals surface area contributed by atoms with Gasteiger partial charge in [0.25, 0.3) is 11.8 Å². The Morgan fingerprint density at radius 1 is 0.475 bits per heavy atom. The molecule has 296 valence electrons. The number of aryl methyl sites for hydroxylation is 1. The molecular weight excluding hydrogens is 737 g/mol. The summed E-state index contributed by atoms with van der Waals surface area (Å²) >= 11 is 0. The van der Waals surface area contributed by atoms with Crippen molar-refractivity contribution in [3.05, 3.63) is 185 Å². The number of likely N-dealkylation sites (N-methyl/N-ethyl adjacent to an activating group) is 2. The third-order valence-corrected chi connectivity index (χ3v) is 11.0. The van der Waals surface area contributed by atoms with E-state index in [1.165, 1.54) is 0 Å². The highest BCUT2D eigenvalue weighted by molar-refractivity contribution is 6.30. The number of amides is 2. The molecule has 0 saturated carbocycles. The molecule has 9 nitrogen and oxygen atoms in total. The molecule has 9 heteroatoms. The second kappa shape index (κ2) is 16.5. The lowest BCUT2D eigenvalue weighted by atomic mass is 10.0. The number of anilines is 6. The summed E-state index contributed by atoms with van der Waals surface area (Å²) in [7, 11) is 1.65. The molecular formula is C50H46N4O5. The zero-order valence-electron chi connectivity index (χ0n) is 33.6. The van der Waals surface area contributed by atoms with Crippen molar-refractivity contribution in [2.24, 2.45) is 0 Å². The zero-order chi connectivity index (χ0) is 41.2. The lowest BCUT2D eigenvalue weighted by Crippen LogP contribution is -2.29. The van der Waals surface area contributed by atoms with Crippen molar-refractivity contribution < 1.29 is 24.5 Å². The number of hydrogen-bond donors (Lipinski definition) is 2. The van der Waals surface area contributed by atoms with Gasteiger partial charge < -0.3 is 34.5 Å². The van der Waals surface area contributed by atoms with Crippen LogP contribution in [0.1, 0.15) is 41.7 Å². The highest BCUT2D eigenvalue weighted by atomic mass is 16.5. The zero-order valence-corrected chi connectivity index (χ0v) is 33.6. The maximum Gasteiger partial charge on any atom is 0.261 e. The molecule has 0 aromatic heterocycles. The Hall–Kier alpha value is -6.94. The van der Waals surface area contributed by atoms with Crippen molar-refractivity contribution in [3.8, 4) is 5.75 Å². The van der Waals surface area contributed by atoms with Crippen molar-refractivity contribution in [1.29, 1.82) is 0 Å². The Morgan fingerprint density at radius 2 is 0.780 bits per heavy atom. The third-order valence-electron chi connectivity index (χ3n) is 11.0. The maximum atomic E-state index is 14.5. The van der Waals surface area contributed by atoms with E-state index in [1.54, 1.807) is 16.9 Å². The van der Waals surface area contributed by atoms with E-state index in [4.69, 9.17) is 4.74 Å². The van der Waals surface area contributed by atoms with E-state index < -0.39 is 0 Å². The first-order valence-electron chi connectivity index (χ1n) is 19.8. The predicted molar refractivity (Wildman–Crippen MR) is 234 cm³/mol. The van der Waals surface area contributed by atoms with Crippen molar-refractivity contribution in [2.75, 3.05) is 30.0 Å². The van der Waals surface area contributed by atoms with Crippen LogP contribution in [-0.2, 0) is 22.8 Å². The summed E-state index contributed by atoms with van der Waals surface area (Å²) in [5.41, 5.74) is 11.9. The average Bonchev–Trinajstić information content (AvgIpc) is 3.75. The van der Waals surface area contributed by atoms with Crippen molar-refractivity contribution in [2.45, 2.75) is 34.0 Å². The van der Waals surface area contributed by atoms with Crippen LogP contribution >= 0.6 is 0 Å². The topological polar surface area (TPSA) is 96.8 Å². The van der Waals surface area contributed by atoms with E-state index >= 15 is 0 Å². The number of carbonyl (C=O) groups excluding carboxylic acids is 2. The van der Waals surface area contributed by atoms with Gasteiger partial charge >= 0.3 is 0 Å². The van der Waals surface area contributed by atoms with Gasteiger partial charge in [0.1, 0.15) is 5.75 Å². The standard InChI is InChI=1S/C50H46N4O5/c1-5-51-47(36-13-23-41(24-14-36)53(38-17-7-33(3)8-18-38)43-27-29-44(59-4)30-28-43)45-46(50(51)58)48(52(6-2)49(45)57)37-15-25-42(26-16-37)54(39-19-9-34(31-55)10-20-39)40-21-11-35(32-56)12-22-40/h7-30,55-56H,5-6,31-32H2,1-4H3. The molecule has 0 radical (unpaired) electrons. The Morgan fingerprint density at radius 3 is 1.08 bits per heavy atom. The van der Waals surface area contributed by atoms with Crippen LogP contribution in [0.25, 0.3) is 11.4 Å². The van der Waals surface area contributed by atoms with Crippen LogP contribution in [0.5, 0.6) is 5.75 Å². The predicted octanol–water partition coefficient (Wildman–Crippen LogP) is 9.77. The van der Waals surface area contributed by atoms with Crippen LogP contribution in [0.4, 0.5) is 34.1 Å². The van der Waals surface area contributed by atoms with Gasteiger partial charge in [-0.2, -0.15) is 0 Å². The summed E-state index contributed by atoms with van der Waals surface area (Å²) in [6, 6.07) is 47.6. The summed E-state index contributed by atoms with van der Waals surface area (Å²) in [5.74, 6) is 0.379. The molecule has 0 unspecified atom stereocenters. The second-order valence-corrected chi connectivity index (χ2v) is 14.5.